The number of rotatable bonds is 8. The molecule has 0 bridgehead atoms. The van der Waals surface area contributed by atoms with Gasteiger partial charge in [-0.3, -0.25) is 4.90 Å². The molecule has 0 unspecified atom stereocenters. The number of nitrogens with one attached hydrogen (secondary N) is 1. The highest BCUT2D eigenvalue weighted by molar-refractivity contribution is 5.55. The predicted molar refractivity (Wildman–Crippen MR) is 92.6 cm³/mol. The number of methoxy groups -OCH3 is 3. The van der Waals surface area contributed by atoms with E-state index in [1.807, 2.05) is 6.07 Å². The van der Waals surface area contributed by atoms with Crippen molar-refractivity contribution >= 4 is 0 Å². The van der Waals surface area contributed by atoms with Crippen LogP contribution in [0.5, 0.6) is 17.2 Å². The van der Waals surface area contributed by atoms with E-state index in [1.165, 1.54) is 12.8 Å². The Morgan fingerprint density at radius 3 is 2.30 bits per heavy atom. The van der Waals surface area contributed by atoms with Crippen LogP contribution in [0.2, 0.25) is 0 Å². The third-order valence-electron chi connectivity index (χ3n) is 4.57. The number of hydrogen-bond donors (Lipinski definition) is 1. The largest absolute Gasteiger partial charge is 0.493 e. The number of ether oxygens (including phenoxy) is 3. The van der Waals surface area contributed by atoms with E-state index < -0.39 is 0 Å². The van der Waals surface area contributed by atoms with Gasteiger partial charge in [0, 0.05) is 12.1 Å². The number of likely N-dealkylation sites (tertiary alicyclic amines) is 1. The van der Waals surface area contributed by atoms with Crippen molar-refractivity contribution in [2.24, 2.45) is 5.92 Å². The van der Waals surface area contributed by atoms with Crippen molar-refractivity contribution in [1.82, 2.24) is 10.2 Å². The highest BCUT2D eigenvalue weighted by Gasteiger charge is 2.22. The lowest BCUT2D eigenvalue weighted by molar-refractivity contribution is 0.174. The van der Waals surface area contributed by atoms with Gasteiger partial charge < -0.3 is 19.5 Å². The van der Waals surface area contributed by atoms with Crippen LogP contribution in [0, 0.1) is 5.92 Å². The summed E-state index contributed by atoms with van der Waals surface area (Å²) < 4.78 is 16.4. The van der Waals surface area contributed by atoms with E-state index in [0.717, 1.165) is 50.0 Å². The summed E-state index contributed by atoms with van der Waals surface area (Å²) in [5.41, 5.74) is 1.15. The molecule has 1 aromatic carbocycles. The van der Waals surface area contributed by atoms with E-state index in [0.29, 0.717) is 11.5 Å². The minimum absolute atomic E-state index is 0.675. The highest BCUT2D eigenvalue weighted by atomic mass is 16.5. The molecule has 5 heteroatoms. The maximum atomic E-state index is 5.58. The standard InChI is InChI=1S/C18H30N2O3/c1-5-19-12-14-8-10-20(11-9-14)13-15-6-7-16(21-2)18(23-4)17(15)22-3/h6-7,14,19H,5,8-13H2,1-4H3. The normalized spacial score (nSPS) is 16.3. The zero-order valence-corrected chi connectivity index (χ0v) is 14.9. The van der Waals surface area contributed by atoms with Gasteiger partial charge in [0.2, 0.25) is 5.75 Å². The molecule has 1 aromatic rings. The Balaban J connectivity index is 2.01. The fourth-order valence-electron chi connectivity index (χ4n) is 3.23. The molecule has 1 N–H and O–H groups in total. The van der Waals surface area contributed by atoms with Crippen molar-refractivity contribution in [3.8, 4) is 17.2 Å². The third-order valence-corrected chi connectivity index (χ3v) is 4.57. The zero-order valence-electron chi connectivity index (χ0n) is 14.9. The molecule has 1 fully saturated rings. The first kappa shape index (κ1) is 17.9. The Labute approximate surface area is 139 Å². The van der Waals surface area contributed by atoms with Crippen LogP contribution in [0.4, 0.5) is 0 Å². The topological polar surface area (TPSA) is 43.0 Å². The van der Waals surface area contributed by atoms with Crippen molar-refractivity contribution in [3.63, 3.8) is 0 Å². The first-order chi connectivity index (χ1) is 11.2. The average Bonchev–Trinajstić information content (AvgIpc) is 2.60. The van der Waals surface area contributed by atoms with Crippen molar-refractivity contribution in [3.05, 3.63) is 17.7 Å². The molecule has 1 aliphatic heterocycles. The smallest absolute Gasteiger partial charge is 0.203 e. The van der Waals surface area contributed by atoms with Gasteiger partial charge in [-0.2, -0.15) is 0 Å². The van der Waals surface area contributed by atoms with Crippen molar-refractivity contribution in [1.29, 1.82) is 0 Å². The molecule has 1 aliphatic rings. The number of piperidine rings is 1. The lowest BCUT2D eigenvalue weighted by Gasteiger charge is -2.32. The van der Waals surface area contributed by atoms with Gasteiger partial charge in [0.05, 0.1) is 21.3 Å². The van der Waals surface area contributed by atoms with Gasteiger partial charge in [-0.1, -0.05) is 13.0 Å². The van der Waals surface area contributed by atoms with E-state index >= 15 is 0 Å². The molecule has 23 heavy (non-hydrogen) atoms. The van der Waals surface area contributed by atoms with E-state index in [-0.39, 0.29) is 0 Å². The van der Waals surface area contributed by atoms with Crippen LogP contribution in [0.3, 0.4) is 0 Å². The second-order valence-electron chi connectivity index (χ2n) is 6.02. The van der Waals surface area contributed by atoms with E-state index in [4.69, 9.17) is 14.2 Å². The fourth-order valence-corrected chi connectivity index (χ4v) is 3.23. The lowest BCUT2D eigenvalue weighted by Crippen LogP contribution is -2.36. The molecule has 0 spiro atoms. The predicted octanol–water partition coefficient (Wildman–Crippen LogP) is 2.53. The van der Waals surface area contributed by atoms with E-state index in [2.05, 4.69) is 23.2 Å². The van der Waals surface area contributed by atoms with Gasteiger partial charge in [0.15, 0.2) is 11.5 Å². The summed E-state index contributed by atoms with van der Waals surface area (Å²) >= 11 is 0. The number of hydrogen-bond acceptors (Lipinski definition) is 5. The molecular weight excluding hydrogens is 292 g/mol. The second kappa shape index (κ2) is 8.99. The molecule has 0 radical (unpaired) electrons. The third kappa shape index (κ3) is 4.52. The van der Waals surface area contributed by atoms with Gasteiger partial charge in [-0.25, -0.2) is 0 Å². The van der Waals surface area contributed by atoms with Gasteiger partial charge in [-0.05, 0) is 51.0 Å². The van der Waals surface area contributed by atoms with Gasteiger partial charge in [-0.15, -0.1) is 0 Å². The van der Waals surface area contributed by atoms with Crippen LogP contribution in [0.1, 0.15) is 25.3 Å². The Kier molecular flexibility index (Phi) is 6.99. The molecule has 1 heterocycles. The summed E-state index contributed by atoms with van der Waals surface area (Å²) in [5.74, 6) is 2.96. The summed E-state index contributed by atoms with van der Waals surface area (Å²) in [6, 6.07) is 4.03. The second-order valence-corrected chi connectivity index (χ2v) is 6.02. The first-order valence-corrected chi connectivity index (χ1v) is 8.44. The molecular formula is C18H30N2O3. The summed E-state index contributed by atoms with van der Waals surface area (Å²) in [4.78, 5) is 2.49. The molecule has 0 aliphatic carbocycles. The summed E-state index contributed by atoms with van der Waals surface area (Å²) in [7, 11) is 4.98. The van der Waals surface area contributed by atoms with Gasteiger partial charge in [0.25, 0.3) is 0 Å². The molecule has 0 atom stereocenters. The maximum absolute atomic E-state index is 5.58. The van der Waals surface area contributed by atoms with E-state index in [1.54, 1.807) is 21.3 Å². The Hall–Kier alpha value is -1.46. The Bertz CT molecular complexity index is 485. The van der Waals surface area contributed by atoms with Crippen LogP contribution < -0.4 is 19.5 Å². The van der Waals surface area contributed by atoms with E-state index in [9.17, 15) is 0 Å². The molecule has 0 aromatic heterocycles. The number of nitrogens with zero attached hydrogens (tertiary/aromatic N) is 1. The highest BCUT2D eigenvalue weighted by Crippen LogP contribution is 2.40. The zero-order chi connectivity index (χ0) is 16.7. The Morgan fingerprint density at radius 1 is 1.04 bits per heavy atom. The van der Waals surface area contributed by atoms with Crippen LogP contribution in [0.25, 0.3) is 0 Å². The van der Waals surface area contributed by atoms with Crippen molar-refractivity contribution < 1.29 is 14.2 Å². The molecule has 130 valence electrons. The van der Waals surface area contributed by atoms with Gasteiger partial charge in [0.1, 0.15) is 0 Å². The fraction of sp³-hybridized carbons (Fsp3) is 0.667. The minimum atomic E-state index is 0.675. The van der Waals surface area contributed by atoms with Crippen LogP contribution in [0.15, 0.2) is 12.1 Å². The summed E-state index contributed by atoms with van der Waals surface area (Å²) in [6.45, 7) is 7.52. The minimum Gasteiger partial charge on any atom is -0.493 e. The van der Waals surface area contributed by atoms with Crippen LogP contribution in [-0.2, 0) is 6.54 Å². The molecule has 0 saturated carbocycles. The quantitative estimate of drug-likeness (QED) is 0.797. The van der Waals surface area contributed by atoms with Gasteiger partial charge >= 0.3 is 0 Å². The lowest BCUT2D eigenvalue weighted by atomic mass is 9.96. The first-order valence-electron chi connectivity index (χ1n) is 8.44. The molecule has 0 amide bonds. The van der Waals surface area contributed by atoms with Crippen LogP contribution >= 0.6 is 0 Å². The maximum Gasteiger partial charge on any atom is 0.203 e. The number of benzene rings is 1. The molecule has 1 saturated heterocycles. The summed E-state index contributed by atoms with van der Waals surface area (Å²) in [5, 5.41) is 3.46. The van der Waals surface area contributed by atoms with Crippen molar-refractivity contribution in [2.75, 3.05) is 47.5 Å². The monoisotopic (exact) mass is 322 g/mol. The average molecular weight is 322 g/mol. The van der Waals surface area contributed by atoms with Crippen LogP contribution in [-0.4, -0.2) is 52.4 Å². The SMILES string of the molecule is CCNCC1CCN(Cc2ccc(OC)c(OC)c2OC)CC1. The summed E-state index contributed by atoms with van der Waals surface area (Å²) in [6.07, 6.45) is 2.51. The molecule has 2 rings (SSSR count). The molecule has 5 nitrogen and oxygen atoms in total. The van der Waals surface area contributed by atoms with Crippen molar-refractivity contribution in [2.45, 2.75) is 26.3 Å². The Morgan fingerprint density at radius 2 is 1.74 bits per heavy atom.